The summed E-state index contributed by atoms with van der Waals surface area (Å²) in [5, 5.41) is 4.91. The van der Waals surface area contributed by atoms with Crippen molar-refractivity contribution >= 4 is 23.2 Å². The van der Waals surface area contributed by atoms with Crippen LogP contribution in [0, 0.1) is 0 Å². The lowest BCUT2D eigenvalue weighted by Gasteiger charge is -2.13. The molecular formula is C16H17Cl2N. The Morgan fingerprint density at radius 1 is 1.00 bits per heavy atom. The molecule has 0 spiro atoms. The number of halogens is 2. The first-order chi connectivity index (χ1) is 9.06. The van der Waals surface area contributed by atoms with E-state index >= 15 is 0 Å². The molecule has 2 aromatic rings. The van der Waals surface area contributed by atoms with Crippen LogP contribution < -0.4 is 5.32 Å². The maximum atomic E-state index is 6.12. The Labute approximate surface area is 124 Å². The number of benzene rings is 2. The topological polar surface area (TPSA) is 12.0 Å². The van der Waals surface area contributed by atoms with Gasteiger partial charge in [-0.25, -0.2) is 0 Å². The minimum atomic E-state index is 0.447. The Kier molecular flexibility index (Phi) is 4.87. The lowest BCUT2D eigenvalue weighted by atomic mass is 9.99. The summed E-state index contributed by atoms with van der Waals surface area (Å²) in [5.74, 6) is 0. The van der Waals surface area contributed by atoms with Gasteiger partial charge in [0.25, 0.3) is 0 Å². The summed E-state index contributed by atoms with van der Waals surface area (Å²) in [6, 6.07) is 14.3. The molecule has 0 bridgehead atoms. The first-order valence-electron chi connectivity index (χ1n) is 6.34. The molecular weight excluding hydrogens is 277 g/mol. The summed E-state index contributed by atoms with van der Waals surface area (Å²) in [5.41, 5.74) is 3.44. The van der Waals surface area contributed by atoms with E-state index in [1.165, 1.54) is 5.56 Å². The minimum Gasteiger partial charge on any atom is -0.310 e. The van der Waals surface area contributed by atoms with E-state index < -0.39 is 0 Å². The van der Waals surface area contributed by atoms with Crippen LogP contribution in [0.25, 0.3) is 11.1 Å². The van der Waals surface area contributed by atoms with Gasteiger partial charge in [-0.05, 0) is 41.0 Å². The van der Waals surface area contributed by atoms with E-state index in [1.54, 1.807) is 0 Å². The second-order valence-electron chi connectivity index (χ2n) is 4.85. The normalized spacial score (nSPS) is 11.0. The molecule has 0 aliphatic heterocycles. The Hall–Kier alpha value is -1.02. The molecule has 0 unspecified atom stereocenters. The average Bonchev–Trinajstić information content (AvgIpc) is 2.37. The predicted octanol–water partition coefficient (Wildman–Crippen LogP) is 5.16. The fraction of sp³-hybridized carbons (Fsp3) is 0.250. The van der Waals surface area contributed by atoms with E-state index in [4.69, 9.17) is 23.2 Å². The molecule has 0 atom stereocenters. The third-order valence-corrected chi connectivity index (χ3v) is 3.38. The summed E-state index contributed by atoms with van der Waals surface area (Å²) in [6.45, 7) is 5.08. The Morgan fingerprint density at radius 3 is 2.42 bits per heavy atom. The van der Waals surface area contributed by atoms with Gasteiger partial charge in [0.1, 0.15) is 0 Å². The number of hydrogen-bond acceptors (Lipinski definition) is 1. The first kappa shape index (κ1) is 14.4. The van der Waals surface area contributed by atoms with Crippen molar-refractivity contribution in [3.05, 3.63) is 58.1 Å². The van der Waals surface area contributed by atoms with Crippen LogP contribution >= 0.6 is 23.2 Å². The van der Waals surface area contributed by atoms with Gasteiger partial charge in [-0.2, -0.15) is 0 Å². The first-order valence-corrected chi connectivity index (χ1v) is 7.09. The zero-order chi connectivity index (χ0) is 13.8. The monoisotopic (exact) mass is 293 g/mol. The van der Waals surface area contributed by atoms with E-state index in [1.807, 2.05) is 30.3 Å². The van der Waals surface area contributed by atoms with Gasteiger partial charge in [-0.3, -0.25) is 0 Å². The van der Waals surface area contributed by atoms with E-state index in [-0.39, 0.29) is 0 Å². The average molecular weight is 294 g/mol. The minimum absolute atomic E-state index is 0.447. The molecule has 0 radical (unpaired) electrons. The molecule has 0 amide bonds. The standard InChI is InChI=1S/C16H17Cl2N/c1-11(2)19-10-13-6-7-15(18)9-16(13)12-4-3-5-14(17)8-12/h3-9,11,19H,10H2,1-2H3. The van der Waals surface area contributed by atoms with Crippen LogP contribution in [0.2, 0.25) is 10.0 Å². The summed E-state index contributed by atoms with van der Waals surface area (Å²) in [6.07, 6.45) is 0. The fourth-order valence-electron chi connectivity index (χ4n) is 1.94. The van der Waals surface area contributed by atoms with E-state index in [2.05, 4.69) is 31.3 Å². The maximum Gasteiger partial charge on any atom is 0.0412 e. The largest absolute Gasteiger partial charge is 0.310 e. The summed E-state index contributed by atoms with van der Waals surface area (Å²) in [4.78, 5) is 0. The van der Waals surface area contributed by atoms with Crippen molar-refractivity contribution in [2.24, 2.45) is 0 Å². The van der Waals surface area contributed by atoms with Crippen LogP contribution in [-0.2, 0) is 6.54 Å². The maximum absolute atomic E-state index is 6.12. The highest BCUT2D eigenvalue weighted by Gasteiger charge is 2.07. The quantitative estimate of drug-likeness (QED) is 0.821. The van der Waals surface area contributed by atoms with Crippen LogP contribution in [-0.4, -0.2) is 6.04 Å². The van der Waals surface area contributed by atoms with Gasteiger partial charge in [-0.15, -0.1) is 0 Å². The van der Waals surface area contributed by atoms with Crippen molar-refractivity contribution in [1.29, 1.82) is 0 Å². The van der Waals surface area contributed by atoms with Gasteiger partial charge in [0.15, 0.2) is 0 Å². The van der Waals surface area contributed by atoms with Crippen molar-refractivity contribution in [1.82, 2.24) is 5.32 Å². The third kappa shape index (κ3) is 3.97. The molecule has 0 aliphatic rings. The second-order valence-corrected chi connectivity index (χ2v) is 5.72. The summed E-state index contributed by atoms with van der Waals surface area (Å²) in [7, 11) is 0. The molecule has 3 heteroatoms. The zero-order valence-corrected chi connectivity index (χ0v) is 12.6. The van der Waals surface area contributed by atoms with Crippen LogP contribution in [0.15, 0.2) is 42.5 Å². The number of hydrogen-bond donors (Lipinski definition) is 1. The molecule has 0 aromatic heterocycles. The smallest absolute Gasteiger partial charge is 0.0412 e. The molecule has 0 saturated carbocycles. The predicted molar refractivity (Wildman–Crippen MR) is 83.9 cm³/mol. The lowest BCUT2D eigenvalue weighted by molar-refractivity contribution is 0.589. The van der Waals surface area contributed by atoms with Crippen molar-refractivity contribution in [2.45, 2.75) is 26.4 Å². The summed E-state index contributed by atoms with van der Waals surface area (Å²) >= 11 is 12.2. The summed E-state index contributed by atoms with van der Waals surface area (Å²) < 4.78 is 0. The molecule has 1 N–H and O–H groups in total. The number of nitrogens with one attached hydrogen (secondary N) is 1. The number of rotatable bonds is 4. The highest BCUT2D eigenvalue weighted by Crippen LogP contribution is 2.29. The molecule has 0 heterocycles. The van der Waals surface area contributed by atoms with E-state index in [0.29, 0.717) is 6.04 Å². The van der Waals surface area contributed by atoms with Gasteiger partial charge < -0.3 is 5.32 Å². The lowest BCUT2D eigenvalue weighted by Crippen LogP contribution is -2.22. The van der Waals surface area contributed by atoms with Crippen molar-refractivity contribution in [3.8, 4) is 11.1 Å². The Morgan fingerprint density at radius 2 is 1.74 bits per heavy atom. The Balaban J connectivity index is 2.39. The van der Waals surface area contributed by atoms with Crippen LogP contribution in [0.5, 0.6) is 0 Å². The molecule has 0 saturated heterocycles. The second kappa shape index (κ2) is 6.42. The fourth-order valence-corrected chi connectivity index (χ4v) is 2.30. The van der Waals surface area contributed by atoms with Gasteiger partial charge >= 0.3 is 0 Å². The molecule has 0 fully saturated rings. The van der Waals surface area contributed by atoms with Crippen LogP contribution in [0.1, 0.15) is 19.4 Å². The van der Waals surface area contributed by atoms with Crippen molar-refractivity contribution in [3.63, 3.8) is 0 Å². The van der Waals surface area contributed by atoms with Gasteiger partial charge in [0.05, 0.1) is 0 Å². The zero-order valence-electron chi connectivity index (χ0n) is 11.1. The van der Waals surface area contributed by atoms with Crippen LogP contribution in [0.3, 0.4) is 0 Å². The highest BCUT2D eigenvalue weighted by molar-refractivity contribution is 6.31. The highest BCUT2D eigenvalue weighted by atomic mass is 35.5. The molecule has 1 nitrogen and oxygen atoms in total. The Bertz CT molecular complexity index is 564. The molecule has 100 valence electrons. The van der Waals surface area contributed by atoms with Gasteiger partial charge in [-0.1, -0.05) is 55.2 Å². The van der Waals surface area contributed by atoms with Crippen molar-refractivity contribution in [2.75, 3.05) is 0 Å². The SMILES string of the molecule is CC(C)NCc1ccc(Cl)cc1-c1cccc(Cl)c1. The molecule has 0 aliphatic carbocycles. The van der Waals surface area contributed by atoms with Gasteiger partial charge in [0, 0.05) is 22.6 Å². The van der Waals surface area contributed by atoms with Crippen molar-refractivity contribution < 1.29 is 0 Å². The van der Waals surface area contributed by atoms with Gasteiger partial charge in [0.2, 0.25) is 0 Å². The van der Waals surface area contributed by atoms with E-state index in [0.717, 1.165) is 27.7 Å². The van der Waals surface area contributed by atoms with E-state index in [9.17, 15) is 0 Å². The molecule has 19 heavy (non-hydrogen) atoms. The third-order valence-electron chi connectivity index (χ3n) is 2.91. The molecule has 2 aromatic carbocycles. The van der Waals surface area contributed by atoms with Crippen LogP contribution in [0.4, 0.5) is 0 Å². The molecule has 2 rings (SSSR count).